The van der Waals surface area contributed by atoms with E-state index in [0.717, 1.165) is 32.1 Å². The van der Waals surface area contributed by atoms with Crippen LogP contribution in [0.25, 0.3) is 17.0 Å². The monoisotopic (exact) mass is 1680 g/mol. The Kier molecular flexibility index (Phi) is 29.9. The fourth-order valence-corrected chi connectivity index (χ4v) is 13.8. The molecule has 2 aliphatic heterocycles. The number of hydrogen-bond acceptors (Lipinski definition) is 25. The molecule has 0 saturated carbocycles. The van der Waals surface area contributed by atoms with Crippen LogP contribution >= 0.6 is 0 Å². The lowest BCUT2D eigenvalue weighted by molar-refractivity contribution is -0.275. The van der Waals surface area contributed by atoms with Crippen molar-refractivity contribution >= 4 is 76.3 Å². The van der Waals surface area contributed by atoms with Gasteiger partial charge in [-0.05, 0) is 145 Å². The molecule has 10 atom stereocenters. The fourth-order valence-electron chi connectivity index (χ4n) is 13.8. The number of methoxy groups -OCH3 is 2. The lowest BCUT2D eigenvalue weighted by atomic mass is 9.97. The molecule has 0 radical (unpaired) electrons. The predicted molar refractivity (Wildman–Crippen MR) is 451 cm³/mol. The van der Waals surface area contributed by atoms with Gasteiger partial charge in [0.15, 0.2) is 41.7 Å². The quantitative estimate of drug-likeness (QED) is 0.0167. The highest BCUT2D eigenvalue weighted by Crippen LogP contribution is 2.44. The lowest BCUT2D eigenvalue weighted by Gasteiger charge is -2.44. The van der Waals surface area contributed by atoms with E-state index >= 15 is 4.79 Å². The fraction of sp³-hybridized carbons (Fsp3) is 0.237. The maximum Gasteiger partial charge on any atom is 0.338 e. The van der Waals surface area contributed by atoms with Crippen LogP contribution in [-0.4, -0.2) is 154 Å². The molecular formula is C97H88N2O25. The molecule has 1 aromatic heterocycles. The van der Waals surface area contributed by atoms with Gasteiger partial charge in [0.25, 0.3) is 5.56 Å². The standard InChI is InChI=1S/C97H88N2O25/c1-5-6-7-8-9-34-55-112-84-78(123-96-85(121-94(108)68-47-30-16-31-48-68)82(119-92(106)66-43-26-14-27-44-66)80(117-90(104)64-39-22-12-23-40-64)75(115-96)59-113-88(102)62-35-18-10-19-36-62)71-53-52-70(58-72(71)99(2)87(84)101)98-77(100)54-51-61-56-73(110-3)79(74(57-61)111-4)124-97-86(122-95(109)69-49-32-17-33-50-69)83(120-93(107)67-45-28-15-29-46-67)81(118-91(105)65-41-24-13-25-42-65)76(116-97)60-114-89(103)63-37-20-11-21-38-63/h10-33,35-54,56-58,75-76,80-83,85-86,96-97H,5-9,34,55,59-60H2,1-4H3,(H,98,100)/b54-51+/t75-,76-,80-,81-,82+,83+,85+,86+,96-,97-/m1/s1. The summed E-state index contributed by atoms with van der Waals surface area (Å²) < 4.78 is 96.5. The zero-order valence-corrected chi connectivity index (χ0v) is 67.9. The second-order valence-corrected chi connectivity index (χ2v) is 28.6. The van der Waals surface area contributed by atoms with Gasteiger partial charge in [-0.1, -0.05) is 185 Å². The number of pyridine rings is 1. The van der Waals surface area contributed by atoms with Gasteiger partial charge in [-0.25, -0.2) is 38.4 Å². The topological polar surface area (TPSA) is 326 Å². The second-order valence-electron chi connectivity index (χ2n) is 28.6. The van der Waals surface area contributed by atoms with Crippen molar-refractivity contribution in [3.8, 4) is 28.7 Å². The molecule has 3 heterocycles. The minimum Gasteiger partial charge on any atom is -0.493 e. The minimum absolute atomic E-state index is 0.0186. The number of benzene rings is 10. The van der Waals surface area contributed by atoms with Crippen LogP contribution in [0.2, 0.25) is 0 Å². The zero-order chi connectivity index (χ0) is 86.9. The number of esters is 8. The number of ether oxygens (including phenoxy) is 15. The van der Waals surface area contributed by atoms with E-state index in [1.165, 1.54) is 165 Å². The molecule has 11 aromatic rings. The van der Waals surface area contributed by atoms with Crippen molar-refractivity contribution < 1.29 is 114 Å². The van der Waals surface area contributed by atoms with Crippen LogP contribution in [0.1, 0.15) is 134 Å². The molecule has 2 fully saturated rings. The Morgan fingerprint density at radius 2 is 0.710 bits per heavy atom. The van der Waals surface area contributed by atoms with E-state index in [-0.39, 0.29) is 102 Å². The van der Waals surface area contributed by atoms with E-state index in [1.54, 1.807) is 146 Å². The number of carbonyl (C=O) groups is 9. The number of nitrogens with zero attached hydrogens (tertiary/aromatic N) is 1. The van der Waals surface area contributed by atoms with Gasteiger partial charge >= 0.3 is 47.8 Å². The number of aryl methyl sites for hydroxylation is 1. The Morgan fingerprint density at radius 1 is 0.379 bits per heavy atom. The van der Waals surface area contributed by atoms with Crippen molar-refractivity contribution in [3.05, 3.63) is 339 Å². The largest absolute Gasteiger partial charge is 0.493 e. The van der Waals surface area contributed by atoms with E-state index in [9.17, 15) is 43.2 Å². The molecule has 1 N–H and O–H groups in total. The van der Waals surface area contributed by atoms with E-state index in [1.807, 2.05) is 0 Å². The predicted octanol–water partition coefficient (Wildman–Crippen LogP) is 15.2. The van der Waals surface area contributed by atoms with Gasteiger partial charge in [0.2, 0.25) is 42.2 Å². The first-order chi connectivity index (χ1) is 60.4. The third-order valence-corrected chi connectivity index (χ3v) is 20.2. The number of carbonyl (C=O) groups excluding carboxylic acids is 9. The van der Waals surface area contributed by atoms with Gasteiger partial charge in [-0.2, -0.15) is 0 Å². The molecule has 0 bridgehead atoms. The smallest absolute Gasteiger partial charge is 0.338 e. The Morgan fingerprint density at radius 3 is 1.07 bits per heavy atom. The zero-order valence-electron chi connectivity index (χ0n) is 67.9. The van der Waals surface area contributed by atoms with Crippen molar-refractivity contribution in [2.75, 3.05) is 39.4 Å². The van der Waals surface area contributed by atoms with Gasteiger partial charge < -0.3 is 80.9 Å². The third kappa shape index (κ3) is 22.1. The Labute approximate surface area is 713 Å². The summed E-state index contributed by atoms with van der Waals surface area (Å²) in [6.07, 6.45) is -10.1. The van der Waals surface area contributed by atoms with E-state index in [4.69, 9.17) is 71.1 Å². The van der Waals surface area contributed by atoms with Gasteiger partial charge in [0.1, 0.15) is 25.4 Å². The lowest BCUT2D eigenvalue weighted by Crippen LogP contribution is -2.64. The maximum absolute atomic E-state index is 15.2. The van der Waals surface area contributed by atoms with Crippen molar-refractivity contribution in [3.63, 3.8) is 0 Å². The molecule has 27 heteroatoms. The molecule has 124 heavy (non-hydrogen) atoms. The van der Waals surface area contributed by atoms with Gasteiger partial charge in [0, 0.05) is 24.2 Å². The number of rotatable bonds is 35. The maximum atomic E-state index is 15.2. The number of fused-ring (bicyclic) bond motifs is 1. The van der Waals surface area contributed by atoms with Gasteiger partial charge in [-0.15, -0.1) is 0 Å². The van der Waals surface area contributed by atoms with Crippen molar-refractivity contribution in [2.45, 2.75) is 107 Å². The summed E-state index contributed by atoms with van der Waals surface area (Å²) in [4.78, 5) is 144. The minimum atomic E-state index is -1.95. The molecule has 27 nitrogen and oxygen atoms in total. The Bertz CT molecular complexity index is 5590. The summed E-state index contributed by atoms with van der Waals surface area (Å²) in [5, 5.41) is 3.02. The first kappa shape index (κ1) is 87.1. The molecular weight excluding hydrogens is 1590 g/mol. The van der Waals surface area contributed by atoms with E-state index in [0.29, 0.717) is 6.42 Å². The highest BCUT2D eigenvalue weighted by Gasteiger charge is 2.57. The molecule has 1 amide bonds. The van der Waals surface area contributed by atoms with Crippen molar-refractivity contribution in [1.29, 1.82) is 0 Å². The van der Waals surface area contributed by atoms with Crippen LogP contribution in [0.15, 0.2) is 284 Å². The van der Waals surface area contributed by atoms with Gasteiger partial charge in [0.05, 0.1) is 70.9 Å². The normalized spacial score (nSPS) is 18.4. The number of amides is 1. The van der Waals surface area contributed by atoms with Crippen LogP contribution in [0.5, 0.6) is 28.7 Å². The van der Waals surface area contributed by atoms with Crippen molar-refractivity contribution in [1.82, 2.24) is 4.57 Å². The highest BCUT2D eigenvalue weighted by molar-refractivity contribution is 6.04. The summed E-state index contributed by atoms with van der Waals surface area (Å²) in [6, 6.07) is 70.6. The molecule has 10 aromatic carbocycles. The van der Waals surface area contributed by atoms with Crippen LogP contribution in [0, 0.1) is 0 Å². The average Bonchev–Trinajstić information content (AvgIpc) is 0.751. The number of unbranched alkanes of at least 4 members (excludes halogenated alkanes) is 5. The SMILES string of the molecule is CCCCCCCCOc1c(O[C@H]2O[C@H](COC(=O)c3ccccc3)[C@@H](OC(=O)c3ccccc3)[C@H](OC(=O)c3ccccc3)[C@@H]2OC(=O)c2ccccc2)c2ccc(NC(=O)/C=C/c3cc(OC)c(O[C@H]4O[C@H](COC(=O)c5ccccc5)[C@@H](OC(=O)c5ccccc5)[C@H](OC(=O)c5ccccc5)[C@@H]4OC(=O)c4ccccc4)c(OC)c3)cc2n(C)c1=O. The molecule has 0 aliphatic carbocycles. The number of anilines is 1. The van der Waals surface area contributed by atoms with Crippen LogP contribution in [0.3, 0.4) is 0 Å². The molecule has 2 aliphatic rings. The second kappa shape index (κ2) is 42.5. The Hall–Kier alpha value is -14.7. The van der Waals surface area contributed by atoms with E-state index < -0.39 is 134 Å². The first-order valence-corrected chi connectivity index (χ1v) is 40.1. The highest BCUT2D eigenvalue weighted by atomic mass is 16.8. The summed E-state index contributed by atoms with van der Waals surface area (Å²) >= 11 is 0. The molecule has 13 rings (SSSR count). The summed E-state index contributed by atoms with van der Waals surface area (Å²) in [5.41, 5.74) is 0.452. The first-order valence-electron chi connectivity index (χ1n) is 40.1. The number of nitrogens with one attached hydrogen (secondary N) is 1. The third-order valence-electron chi connectivity index (χ3n) is 20.2. The molecule has 636 valence electrons. The summed E-state index contributed by atoms with van der Waals surface area (Å²) in [5.74, 6) is -8.90. The molecule has 0 unspecified atom stereocenters. The van der Waals surface area contributed by atoms with Crippen LogP contribution in [0.4, 0.5) is 5.69 Å². The van der Waals surface area contributed by atoms with Gasteiger partial charge in [-0.3, -0.25) is 9.59 Å². The average molecular weight is 1680 g/mol. The Balaban J connectivity index is 0.843. The summed E-state index contributed by atoms with van der Waals surface area (Å²) in [6.45, 7) is 0.762. The van der Waals surface area contributed by atoms with Crippen LogP contribution < -0.4 is 34.6 Å². The van der Waals surface area contributed by atoms with E-state index in [2.05, 4.69) is 12.2 Å². The summed E-state index contributed by atoms with van der Waals surface area (Å²) in [7, 11) is 4.11. The number of aromatic nitrogens is 1. The number of hydrogen-bond donors (Lipinski definition) is 1. The van der Waals surface area contributed by atoms with Crippen molar-refractivity contribution in [2.24, 2.45) is 7.05 Å². The molecule has 0 spiro atoms. The molecule has 2 saturated heterocycles. The van der Waals surface area contributed by atoms with Crippen LogP contribution in [-0.2, 0) is 59.2 Å².